The maximum absolute atomic E-state index is 11.9. The Morgan fingerprint density at radius 1 is 1.38 bits per heavy atom. The summed E-state index contributed by atoms with van der Waals surface area (Å²) in [5.74, 6) is 0.391. The zero-order valence-corrected chi connectivity index (χ0v) is 14.8. The van der Waals surface area contributed by atoms with Crippen LogP contribution in [-0.4, -0.2) is 51.8 Å². The highest BCUT2D eigenvalue weighted by molar-refractivity contribution is 6.32. The summed E-state index contributed by atoms with van der Waals surface area (Å²) in [5.41, 5.74) is 2.63. The highest BCUT2D eigenvalue weighted by Crippen LogP contribution is 2.28. The van der Waals surface area contributed by atoms with Crippen molar-refractivity contribution in [1.29, 1.82) is 0 Å². The normalized spacial score (nSPS) is 16.8. The Labute approximate surface area is 154 Å². The van der Waals surface area contributed by atoms with Crippen LogP contribution in [0.1, 0.15) is 16.8 Å². The van der Waals surface area contributed by atoms with E-state index in [2.05, 4.69) is 25.7 Å². The third-order valence-corrected chi connectivity index (χ3v) is 4.53. The molecule has 1 amide bonds. The number of anilines is 1. The van der Waals surface area contributed by atoms with Crippen LogP contribution in [0.4, 0.5) is 5.82 Å². The molecule has 4 heterocycles. The van der Waals surface area contributed by atoms with Crippen LogP contribution in [0.5, 0.6) is 0 Å². The number of nitrogens with zero attached hydrogens (tertiary/aromatic N) is 4. The molecule has 0 aromatic carbocycles. The fourth-order valence-corrected chi connectivity index (χ4v) is 3.08. The number of hydrogen-bond acceptors (Lipinski definition) is 6. The van der Waals surface area contributed by atoms with Crippen LogP contribution in [0.25, 0.3) is 16.8 Å². The number of pyridine rings is 1. The lowest BCUT2D eigenvalue weighted by molar-refractivity contribution is 0.0963. The summed E-state index contributed by atoms with van der Waals surface area (Å²) in [5, 5.41) is 10.7. The van der Waals surface area contributed by atoms with Crippen molar-refractivity contribution in [2.45, 2.75) is 12.5 Å². The van der Waals surface area contributed by atoms with Crippen molar-refractivity contribution in [3.8, 4) is 11.1 Å². The second-order valence-electron chi connectivity index (χ2n) is 6.01. The minimum Gasteiger partial charge on any atom is -0.379 e. The summed E-state index contributed by atoms with van der Waals surface area (Å²) >= 11 is 6.33. The maximum Gasteiger partial charge on any atom is 0.252 e. The Morgan fingerprint density at radius 3 is 3.04 bits per heavy atom. The lowest BCUT2D eigenvalue weighted by Crippen LogP contribution is -2.20. The Kier molecular flexibility index (Phi) is 4.44. The molecule has 1 fully saturated rings. The number of halogens is 1. The third kappa shape index (κ3) is 3.09. The molecular weight excluding hydrogens is 356 g/mol. The van der Waals surface area contributed by atoms with Gasteiger partial charge in [-0.25, -0.2) is 9.50 Å². The molecule has 0 aliphatic carbocycles. The van der Waals surface area contributed by atoms with Gasteiger partial charge in [-0.1, -0.05) is 11.6 Å². The zero-order valence-electron chi connectivity index (χ0n) is 14.1. The average Bonchev–Trinajstić information content (AvgIpc) is 3.31. The number of carbonyl (C=O) groups is 1. The van der Waals surface area contributed by atoms with Gasteiger partial charge >= 0.3 is 0 Å². The Hall–Kier alpha value is -2.71. The first kappa shape index (κ1) is 16.7. The first-order valence-electron chi connectivity index (χ1n) is 8.21. The molecule has 0 unspecified atom stereocenters. The molecule has 8 nitrogen and oxygen atoms in total. The van der Waals surface area contributed by atoms with Crippen molar-refractivity contribution in [2.75, 3.05) is 25.6 Å². The molecule has 3 aromatic heterocycles. The summed E-state index contributed by atoms with van der Waals surface area (Å²) in [7, 11) is 1.58. The molecule has 26 heavy (non-hydrogen) atoms. The Morgan fingerprint density at radius 2 is 2.27 bits per heavy atom. The second-order valence-corrected chi connectivity index (χ2v) is 6.42. The van der Waals surface area contributed by atoms with E-state index < -0.39 is 0 Å². The largest absolute Gasteiger partial charge is 0.379 e. The molecule has 3 aromatic rings. The third-order valence-electron chi connectivity index (χ3n) is 4.26. The monoisotopic (exact) mass is 372 g/mol. The molecule has 1 atom stereocenters. The van der Waals surface area contributed by atoms with Gasteiger partial charge in [-0.05, 0) is 12.5 Å². The van der Waals surface area contributed by atoms with E-state index in [4.69, 9.17) is 16.3 Å². The van der Waals surface area contributed by atoms with Crippen LogP contribution in [0.3, 0.4) is 0 Å². The summed E-state index contributed by atoms with van der Waals surface area (Å²) in [6.45, 7) is 1.36. The molecule has 1 aliphatic rings. The molecule has 1 saturated heterocycles. The predicted molar refractivity (Wildman–Crippen MR) is 97.5 cm³/mol. The molecule has 2 N–H and O–H groups in total. The number of rotatable bonds is 4. The van der Waals surface area contributed by atoms with E-state index in [1.165, 1.54) is 6.20 Å². The van der Waals surface area contributed by atoms with Crippen molar-refractivity contribution >= 4 is 29.0 Å². The van der Waals surface area contributed by atoms with Crippen molar-refractivity contribution in [2.24, 2.45) is 0 Å². The molecule has 0 radical (unpaired) electrons. The van der Waals surface area contributed by atoms with Crippen LogP contribution in [0.2, 0.25) is 5.02 Å². The van der Waals surface area contributed by atoms with E-state index >= 15 is 0 Å². The summed E-state index contributed by atoms with van der Waals surface area (Å²) in [6, 6.07) is 1.95. The van der Waals surface area contributed by atoms with Gasteiger partial charge in [0, 0.05) is 37.2 Å². The summed E-state index contributed by atoms with van der Waals surface area (Å²) in [6.07, 6.45) is 7.50. The Bertz CT molecular complexity index is 967. The SMILES string of the molecule is CNC(=O)c1cncc(-c2cnn3cc(Cl)c(N[C@H]4CCOC4)nc23)c1. The molecule has 0 saturated carbocycles. The molecule has 1 aliphatic heterocycles. The lowest BCUT2D eigenvalue weighted by atomic mass is 10.1. The first-order chi connectivity index (χ1) is 12.7. The van der Waals surface area contributed by atoms with Gasteiger partial charge in [0.05, 0.1) is 30.6 Å². The van der Waals surface area contributed by atoms with Gasteiger partial charge in [-0.15, -0.1) is 0 Å². The van der Waals surface area contributed by atoms with Crippen molar-refractivity contribution in [3.05, 3.63) is 41.4 Å². The first-order valence-corrected chi connectivity index (χ1v) is 8.59. The van der Waals surface area contributed by atoms with E-state index in [0.717, 1.165) is 24.2 Å². The number of carbonyl (C=O) groups excluding carboxylic acids is 1. The zero-order chi connectivity index (χ0) is 18.1. The van der Waals surface area contributed by atoms with Gasteiger partial charge in [0.15, 0.2) is 5.65 Å². The standard InChI is InChI=1S/C17H17ClN6O2/c1-19-17(25)11-4-10(5-20-6-11)13-7-21-24-8-14(18)15(23-16(13)24)22-12-2-3-26-9-12/h4-8,12H,2-3,9H2,1H3,(H,19,25)(H,22,23)/t12-/m0/s1. The van der Waals surface area contributed by atoms with Gasteiger partial charge in [-0.2, -0.15) is 5.10 Å². The van der Waals surface area contributed by atoms with Crippen molar-refractivity contribution in [3.63, 3.8) is 0 Å². The van der Waals surface area contributed by atoms with E-state index in [1.54, 1.807) is 36.2 Å². The summed E-state index contributed by atoms with van der Waals surface area (Å²) < 4.78 is 7.00. The second kappa shape index (κ2) is 6.89. The van der Waals surface area contributed by atoms with Crippen LogP contribution in [-0.2, 0) is 4.74 Å². The number of ether oxygens (including phenoxy) is 1. The van der Waals surface area contributed by atoms with E-state index in [-0.39, 0.29) is 11.9 Å². The predicted octanol–water partition coefficient (Wildman–Crippen LogP) is 2.01. The van der Waals surface area contributed by atoms with Crippen LogP contribution in [0, 0.1) is 0 Å². The summed E-state index contributed by atoms with van der Waals surface area (Å²) in [4.78, 5) is 20.7. The highest BCUT2D eigenvalue weighted by atomic mass is 35.5. The molecule has 4 rings (SSSR count). The molecule has 0 bridgehead atoms. The lowest BCUT2D eigenvalue weighted by Gasteiger charge is -2.13. The number of aromatic nitrogens is 4. The molecule has 9 heteroatoms. The van der Waals surface area contributed by atoms with E-state index in [1.807, 2.05) is 0 Å². The van der Waals surface area contributed by atoms with Gasteiger partial charge < -0.3 is 15.4 Å². The van der Waals surface area contributed by atoms with Crippen LogP contribution < -0.4 is 10.6 Å². The highest BCUT2D eigenvalue weighted by Gasteiger charge is 2.19. The smallest absolute Gasteiger partial charge is 0.252 e. The van der Waals surface area contributed by atoms with Crippen LogP contribution in [0.15, 0.2) is 30.9 Å². The maximum atomic E-state index is 11.9. The van der Waals surface area contributed by atoms with Crippen molar-refractivity contribution < 1.29 is 9.53 Å². The Balaban J connectivity index is 1.75. The van der Waals surface area contributed by atoms with Gasteiger partial charge in [0.2, 0.25) is 0 Å². The van der Waals surface area contributed by atoms with E-state index in [9.17, 15) is 4.79 Å². The topological polar surface area (TPSA) is 93.4 Å². The van der Waals surface area contributed by atoms with Crippen LogP contribution >= 0.6 is 11.6 Å². The number of fused-ring (bicyclic) bond motifs is 1. The average molecular weight is 373 g/mol. The quantitative estimate of drug-likeness (QED) is 0.727. The minimum absolute atomic E-state index is 0.187. The fraction of sp³-hybridized carbons (Fsp3) is 0.294. The minimum atomic E-state index is -0.199. The molecule has 134 valence electrons. The van der Waals surface area contributed by atoms with Gasteiger partial charge in [-0.3, -0.25) is 9.78 Å². The van der Waals surface area contributed by atoms with Gasteiger partial charge in [0.1, 0.15) is 10.8 Å². The van der Waals surface area contributed by atoms with Crippen molar-refractivity contribution in [1.82, 2.24) is 24.9 Å². The fourth-order valence-electron chi connectivity index (χ4n) is 2.89. The molecular formula is C17H17ClN6O2. The molecule has 0 spiro atoms. The van der Waals surface area contributed by atoms with Gasteiger partial charge in [0.25, 0.3) is 5.91 Å². The number of hydrogen-bond donors (Lipinski definition) is 2. The van der Waals surface area contributed by atoms with E-state index in [0.29, 0.717) is 28.7 Å². The number of amides is 1. The number of nitrogens with one attached hydrogen (secondary N) is 2.